The van der Waals surface area contributed by atoms with E-state index in [2.05, 4.69) is 17.0 Å². The van der Waals surface area contributed by atoms with Crippen LogP contribution in [0.5, 0.6) is 5.75 Å². The molecule has 0 saturated carbocycles. The first-order chi connectivity index (χ1) is 10.8. The minimum Gasteiger partial charge on any atom is -0.497 e. The number of ether oxygens (including phenoxy) is 3. The van der Waals surface area contributed by atoms with Gasteiger partial charge in [0.2, 0.25) is 0 Å². The van der Waals surface area contributed by atoms with Crippen molar-refractivity contribution >= 4 is 16.7 Å². The molecular weight excluding hydrogens is 280 g/mol. The van der Waals surface area contributed by atoms with E-state index in [1.54, 1.807) is 7.11 Å². The molecular formula is C17H20N2O3. The predicted molar refractivity (Wildman–Crippen MR) is 84.4 cm³/mol. The maximum absolute atomic E-state index is 5.78. The summed E-state index contributed by atoms with van der Waals surface area (Å²) in [6.45, 7) is 3.24. The van der Waals surface area contributed by atoms with Crippen molar-refractivity contribution in [2.75, 3.05) is 38.3 Å². The van der Waals surface area contributed by atoms with Gasteiger partial charge < -0.3 is 19.1 Å². The van der Waals surface area contributed by atoms with Crippen LogP contribution >= 0.6 is 0 Å². The van der Waals surface area contributed by atoms with Gasteiger partial charge in [0.15, 0.2) is 5.79 Å². The van der Waals surface area contributed by atoms with Crippen LogP contribution in [0.2, 0.25) is 0 Å². The second-order valence-corrected chi connectivity index (χ2v) is 5.82. The van der Waals surface area contributed by atoms with Gasteiger partial charge in [0.1, 0.15) is 11.6 Å². The smallest absolute Gasteiger partial charge is 0.171 e. The molecule has 0 bridgehead atoms. The summed E-state index contributed by atoms with van der Waals surface area (Å²) in [6.07, 6.45) is 1.79. The van der Waals surface area contributed by atoms with Crippen LogP contribution in [0.3, 0.4) is 0 Å². The van der Waals surface area contributed by atoms with Gasteiger partial charge in [0.05, 0.1) is 25.8 Å². The summed E-state index contributed by atoms with van der Waals surface area (Å²) < 4.78 is 16.8. The lowest BCUT2D eigenvalue weighted by atomic mass is 10.0. The summed E-state index contributed by atoms with van der Waals surface area (Å²) in [5.41, 5.74) is 0.963. The van der Waals surface area contributed by atoms with Crippen LogP contribution in [0.4, 0.5) is 5.82 Å². The van der Waals surface area contributed by atoms with Crippen molar-refractivity contribution in [1.29, 1.82) is 0 Å². The first-order valence-corrected chi connectivity index (χ1v) is 7.76. The third-order valence-corrected chi connectivity index (χ3v) is 4.55. The van der Waals surface area contributed by atoms with E-state index in [9.17, 15) is 0 Å². The maximum Gasteiger partial charge on any atom is 0.171 e. The molecule has 116 valence electrons. The van der Waals surface area contributed by atoms with E-state index in [4.69, 9.17) is 19.2 Å². The fraction of sp³-hybridized carbons (Fsp3) is 0.471. The molecule has 3 heterocycles. The maximum atomic E-state index is 5.78. The van der Waals surface area contributed by atoms with Crippen LogP contribution in [0.15, 0.2) is 30.3 Å². The average Bonchev–Trinajstić information content (AvgIpc) is 3.02. The number of anilines is 1. The average molecular weight is 300 g/mol. The standard InChI is InChI=1S/C17H20N2O3/c1-20-14-4-2-13-3-5-16(18-15(13)12-14)19-8-6-17(7-9-19)21-10-11-22-17/h2-5,12H,6-11H2,1H3. The van der Waals surface area contributed by atoms with Crippen LogP contribution < -0.4 is 9.64 Å². The van der Waals surface area contributed by atoms with Crippen LogP contribution in [0, 0.1) is 0 Å². The van der Waals surface area contributed by atoms with Crippen LogP contribution in [-0.4, -0.2) is 44.2 Å². The number of pyridine rings is 1. The minimum atomic E-state index is -0.337. The Balaban J connectivity index is 1.56. The van der Waals surface area contributed by atoms with Gasteiger partial charge in [-0.3, -0.25) is 0 Å². The summed E-state index contributed by atoms with van der Waals surface area (Å²) >= 11 is 0. The quantitative estimate of drug-likeness (QED) is 0.853. The molecule has 0 N–H and O–H groups in total. The first kappa shape index (κ1) is 13.8. The monoisotopic (exact) mass is 300 g/mol. The van der Waals surface area contributed by atoms with Gasteiger partial charge in [-0.15, -0.1) is 0 Å². The molecule has 2 aromatic rings. The highest BCUT2D eigenvalue weighted by Crippen LogP contribution is 2.33. The Labute approximate surface area is 129 Å². The molecule has 2 saturated heterocycles. The van der Waals surface area contributed by atoms with E-state index in [1.165, 1.54) is 0 Å². The van der Waals surface area contributed by atoms with Crippen molar-refractivity contribution in [2.24, 2.45) is 0 Å². The molecule has 0 radical (unpaired) electrons. The molecule has 5 heteroatoms. The minimum absolute atomic E-state index is 0.337. The zero-order valence-electron chi connectivity index (χ0n) is 12.7. The number of benzene rings is 1. The van der Waals surface area contributed by atoms with Crippen molar-refractivity contribution in [1.82, 2.24) is 4.98 Å². The van der Waals surface area contributed by atoms with Crippen molar-refractivity contribution in [3.05, 3.63) is 30.3 Å². The van der Waals surface area contributed by atoms with Gasteiger partial charge in [0, 0.05) is 37.4 Å². The summed E-state index contributed by atoms with van der Waals surface area (Å²) in [5, 5.41) is 1.13. The Bertz CT molecular complexity index is 673. The highest BCUT2D eigenvalue weighted by Gasteiger charge is 2.39. The molecule has 4 rings (SSSR count). The van der Waals surface area contributed by atoms with Crippen LogP contribution in [0.25, 0.3) is 10.9 Å². The fourth-order valence-corrected chi connectivity index (χ4v) is 3.25. The molecule has 5 nitrogen and oxygen atoms in total. The van der Waals surface area contributed by atoms with E-state index >= 15 is 0 Å². The van der Waals surface area contributed by atoms with Gasteiger partial charge in [-0.25, -0.2) is 4.98 Å². The number of aromatic nitrogens is 1. The molecule has 22 heavy (non-hydrogen) atoms. The van der Waals surface area contributed by atoms with E-state index in [-0.39, 0.29) is 5.79 Å². The second-order valence-electron chi connectivity index (χ2n) is 5.82. The number of hydrogen-bond acceptors (Lipinski definition) is 5. The molecule has 1 aromatic carbocycles. The molecule has 2 fully saturated rings. The van der Waals surface area contributed by atoms with Crippen LogP contribution in [-0.2, 0) is 9.47 Å². The topological polar surface area (TPSA) is 43.8 Å². The molecule has 0 aliphatic carbocycles. The Kier molecular flexibility index (Phi) is 3.39. The third kappa shape index (κ3) is 2.40. The highest BCUT2D eigenvalue weighted by atomic mass is 16.7. The van der Waals surface area contributed by atoms with Crippen molar-refractivity contribution in [3.63, 3.8) is 0 Å². The van der Waals surface area contributed by atoms with Crippen molar-refractivity contribution in [2.45, 2.75) is 18.6 Å². The van der Waals surface area contributed by atoms with Gasteiger partial charge in [0.25, 0.3) is 0 Å². The molecule has 2 aliphatic rings. The largest absolute Gasteiger partial charge is 0.497 e. The normalized spacial score (nSPS) is 20.7. The van der Waals surface area contributed by atoms with Crippen LogP contribution in [0.1, 0.15) is 12.8 Å². The third-order valence-electron chi connectivity index (χ3n) is 4.55. The van der Waals surface area contributed by atoms with Gasteiger partial charge >= 0.3 is 0 Å². The summed E-state index contributed by atoms with van der Waals surface area (Å²) in [5.74, 6) is 1.51. The summed E-state index contributed by atoms with van der Waals surface area (Å²) in [7, 11) is 1.68. The molecule has 0 atom stereocenters. The molecule has 1 spiro atoms. The Morgan fingerprint density at radius 1 is 1.09 bits per heavy atom. The van der Waals surface area contributed by atoms with E-state index in [0.717, 1.165) is 48.4 Å². The Hall–Kier alpha value is -1.85. The first-order valence-electron chi connectivity index (χ1n) is 7.76. The number of fused-ring (bicyclic) bond motifs is 1. The zero-order chi connectivity index (χ0) is 15.0. The fourth-order valence-electron chi connectivity index (χ4n) is 3.25. The number of rotatable bonds is 2. The van der Waals surface area contributed by atoms with E-state index < -0.39 is 0 Å². The number of methoxy groups -OCH3 is 1. The highest BCUT2D eigenvalue weighted by molar-refractivity contribution is 5.81. The second kappa shape index (κ2) is 5.41. The van der Waals surface area contributed by atoms with Crippen molar-refractivity contribution < 1.29 is 14.2 Å². The number of piperidine rings is 1. The van der Waals surface area contributed by atoms with Gasteiger partial charge in [-0.1, -0.05) is 0 Å². The Morgan fingerprint density at radius 2 is 1.82 bits per heavy atom. The Morgan fingerprint density at radius 3 is 2.55 bits per heavy atom. The van der Waals surface area contributed by atoms with E-state index in [1.807, 2.05) is 18.2 Å². The lowest BCUT2D eigenvalue weighted by Crippen LogP contribution is -2.45. The molecule has 2 aliphatic heterocycles. The van der Waals surface area contributed by atoms with Gasteiger partial charge in [-0.05, 0) is 24.3 Å². The summed E-state index contributed by atoms with van der Waals surface area (Å²) in [6, 6.07) is 10.2. The van der Waals surface area contributed by atoms with E-state index in [0.29, 0.717) is 13.2 Å². The molecule has 0 amide bonds. The lowest BCUT2D eigenvalue weighted by molar-refractivity contribution is -0.169. The van der Waals surface area contributed by atoms with Gasteiger partial charge in [-0.2, -0.15) is 0 Å². The number of nitrogens with zero attached hydrogens (tertiary/aromatic N) is 2. The SMILES string of the molecule is COc1ccc2ccc(N3CCC4(CC3)OCCO4)nc2c1. The predicted octanol–water partition coefficient (Wildman–Crippen LogP) is 2.59. The van der Waals surface area contributed by atoms with Crippen molar-refractivity contribution in [3.8, 4) is 5.75 Å². The molecule has 1 aromatic heterocycles. The summed E-state index contributed by atoms with van der Waals surface area (Å²) in [4.78, 5) is 7.09. The number of hydrogen-bond donors (Lipinski definition) is 0. The molecule has 0 unspecified atom stereocenters. The zero-order valence-corrected chi connectivity index (χ0v) is 12.7. The lowest BCUT2D eigenvalue weighted by Gasteiger charge is -2.38.